The Morgan fingerprint density at radius 2 is 1.76 bits per heavy atom. The third kappa shape index (κ3) is 5.20. The van der Waals surface area contributed by atoms with Gasteiger partial charge in [-0.1, -0.05) is 37.3 Å². The number of hydrogen-bond acceptors (Lipinski definition) is 6. The molecule has 1 aliphatic rings. The second-order valence-electron chi connectivity index (χ2n) is 9.33. The molecular formula is C28H33N5O5. The highest BCUT2D eigenvalue weighted by atomic mass is 16.5. The Balaban J connectivity index is 1.53. The van der Waals surface area contributed by atoms with Crippen molar-refractivity contribution >= 4 is 17.7 Å². The molecule has 10 heteroatoms. The number of nitrogens with zero attached hydrogens (tertiary/aromatic N) is 3. The molecule has 0 spiro atoms. The number of imidazole rings is 1. The first-order valence-corrected chi connectivity index (χ1v) is 12.5. The molecule has 0 aliphatic carbocycles. The molecule has 0 fully saturated rings. The van der Waals surface area contributed by atoms with E-state index in [0.717, 1.165) is 16.9 Å². The quantitative estimate of drug-likeness (QED) is 0.426. The Labute approximate surface area is 221 Å². The molecule has 2 heterocycles. The Morgan fingerprint density at radius 1 is 1.03 bits per heavy atom. The van der Waals surface area contributed by atoms with E-state index in [2.05, 4.69) is 15.6 Å². The smallest absolute Gasteiger partial charge is 0.273 e. The fourth-order valence-electron chi connectivity index (χ4n) is 4.65. The number of methoxy groups -OCH3 is 2. The molecule has 10 nitrogen and oxygen atoms in total. The predicted molar refractivity (Wildman–Crippen MR) is 141 cm³/mol. The number of para-hydroxylation sites is 1. The standard InChI is InChI=1S/C28H33N5O5/c1-5-14-33-26(35)24-23(25(34)29-16-20-8-6-7-9-22(20)38-4)31-18-32(24)17-28(33,2)27(36)30-15-19-10-12-21(37-3)13-11-19/h6-13,18H,5,14-17H2,1-4H3,(H,29,34)(H,30,36). The van der Waals surface area contributed by atoms with E-state index in [0.29, 0.717) is 25.3 Å². The highest BCUT2D eigenvalue weighted by Crippen LogP contribution is 2.29. The lowest BCUT2D eigenvalue weighted by Gasteiger charge is -2.43. The Morgan fingerprint density at radius 3 is 2.45 bits per heavy atom. The number of carbonyl (C=O) groups is 3. The van der Waals surface area contributed by atoms with Crippen LogP contribution in [0.2, 0.25) is 0 Å². The second kappa shape index (κ2) is 11.4. The average Bonchev–Trinajstić information content (AvgIpc) is 3.36. The highest BCUT2D eigenvalue weighted by molar-refractivity contribution is 6.07. The van der Waals surface area contributed by atoms with E-state index in [4.69, 9.17) is 9.47 Å². The van der Waals surface area contributed by atoms with Crippen LogP contribution in [0.15, 0.2) is 54.9 Å². The van der Waals surface area contributed by atoms with Gasteiger partial charge in [0.2, 0.25) is 5.91 Å². The van der Waals surface area contributed by atoms with Gasteiger partial charge in [0, 0.05) is 25.2 Å². The van der Waals surface area contributed by atoms with Gasteiger partial charge in [-0.2, -0.15) is 0 Å². The van der Waals surface area contributed by atoms with Crippen molar-refractivity contribution in [3.05, 3.63) is 77.4 Å². The van der Waals surface area contributed by atoms with Crippen LogP contribution in [0.1, 0.15) is 52.4 Å². The van der Waals surface area contributed by atoms with Crippen molar-refractivity contribution in [1.29, 1.82) is 0 Å². The van der Waals surface area contributed by atoms with Gasteiger partial charge in [-0.05, 0) is 37.1 Å². The minimum atomic E-state index is -1.15. The normalized spacial score (nSPS) is 16.5. The summed E-state index contributed by atoms with van der Waals surface area (Å²) in [6.07, 6.45) is 2.10. The van der Waals surface area contributed by atoms with Crippen molar-refractivity contribution in [2.45, 2.75) is 45.4 Å². The van der Waals surface area contributed by atoms with Gasteiger partial charge >= 0.3 is 0 Å². The number of ether oxygens (including phenoxy) is 2. The van der Waals surface area contributed by atoms with Crippen LogP contribution in [0.3, 0.4) is 0 Å². The first kappa shape index (κ1) is 26.7. The number of benzene rings is 2. The molecule has 1 aliphatic heterocycles. The lowest BCUT2D eigenvalue weighted by molar-refractivity contribution is -0.133. The van der Waals surface area contributed by atoms with E-state index in [1.165, 1.54) is 6.33 Å². The number of aromatic nitrogens is 2. The lowest BCUT2D eigenvalue weighted by atomic mass is 9.93. The summed E-state index contributed by atoms with van der Waals surface area (Å²) in [5.74, 6) is 0.231. The van der Waals surface area contributed by atoms with Gasteiger partial charge in [-0.15, -0.1) is 0 Å². The molecule has 4 rings (SSSR count). The number of carbonyl (C=O) groups excluding carboxylic acids is 3. The number of fused-ring (bicyclic) bond motifs is 1. The Kier molecular flexibility index (Phi) is 7.99. The maximum Gasteiger partial charge on any atom is 0.273 e. The zero-order chi connectivity index (χ0) is 27.3. The Hall–Kier alpha value is -4.34. The summed E-state index contributed by atoms with van der Waals surface area (Å²) in [5.41, 5.74) is 0.766. The molecule has 1 atom stereocenters. The summed E-state index contributed by atoms with van der Waals surface area (Å²) in [6.45, 7) is 4.74. The maximum absolute atomic E-state index is 13.7. The van der Waals surface area contributed by atoms with Crippen LogP contribution in [0.5, 0.6) is 11.5 Å². The largest absolute Gasteiger partial charge is 0.497 e. The molecule has 2 aromatic carbocycles. The molecule has 2 N–H and O–H groups in total. The molecule has 0 saturated heterocycles. The lowest BCUT2D eigenvalue weighted by Crippen LogP contribution is -2.64. The molecule has 200 valence electrons. The number of rotatable bonds is 10. The monoisotopic (exact) mass is 519 g/mol. The van der Waals surface area contributed by atoms with Crippen LogP contribution >= 0.6 is 0 Å². The van der Waals surface area contributed by atoms with Crippen molar-refractivity contribution in [3.63, 3.8) is 0 Å². The number of nitrogens with one attached hydrogen (secondary N) is 2. The third-order valence-corrected chi connectivity index (χ3v) is 6.75. The first-order chi connectivity index (χ1) is 18.3. The van der Waals surface area contributed by atoms with Gasteiger partial charge in [0.05, 0.1) is 27.1 Å². The molecule has 3 aromatic rings. The van der Waals surface area contributed by atoms with Crippen LogP contribution in [-0.2, 0) is 24.4 Å². The van der Waals surface area contributed by atoms with Gasteiger partial charge in [0.15, 0.2) is 5.69 Å². The minimum Gasteiger partial charge on any atom is -0.497 e. The van der Waals surface area contributed by atoms with E-state index >= 15 is 0 Å². The SMILES string of the molecule is CCCN1C(=O)c2c(C(=O)NCc3ccccc3OC)ncn2CC1(C)C(=O)NCc1ccc(OC)cc1. The van der Waals surface area contributed by atoms with E-state index in [1.807, 2.05) is 55.5 Å². The van der Waals surface area contributed by atoms with Crippen LogP contribution in [0.25, 0.3) is 0 Å². The summed E-state index contributed by atoms with van der Waals surface area (Å²) >= 11 is 0. The summed E-state index contributed by atoms with van der Waals surface area (Å²) in [7, 11) is 3.16. The van der Waals surface area contributed by atoms with Gasteiger partial charge in [-0.3, -0.25) is 14.4 Å². The van der Waals surface area contributed by atoms with Crippen molar-refractivity contribution in [2.75, 3.05) is 20.8 Å². The van der Waals surface area contributed by atoms with Crippen LogP contribution in [-0.4, -0.2) is 58.5 Å². The highest BCUT2D eigenvalue weighted by Gasteiger charge is 2.48. The van der Waals surface area contributed by atoms with Crippen molar-refractivity contribution in [2.24, 2.45) is 0 Å². The van der Waals surface area contributed by atoms with Crippen LogP contribution in [0.4, 0.5) is 0 Å². The van der Waals surface area contributed by atoms with Crippen LogP contribution < -0.4 is 20.1 Å². The third-order valence-electron chi connectivity index (χ3n) is 6.75. The number of hydrogen-bond donors (Lipinski definition) is 2. The zero-order valence-corrected chi connectivity index (χ0v) is 22.1. The number of amides is 3. The zero-order valence-electron chi connectivity index (χ0n) is 22.1. The summed E-state index contributed by atoms with van der Waals surface area (Å²) in [5, 5.41) is 5.80. The summed E-state index contributed by atoms with van der Waals surface area (Å²) in [6, 6.07) is 14.8. The van der Waals surface area contributed by atoms with E-state index in [-0.39, 0.29) is 30.4 Å². The van der Waals surface area contributed by atoms with Crippen LogP contribution in [0, 0.1) is 0 Å². The van der Waals surface area contributed by atoms with Gasteiger partial charge in [0.1, 0.15) is 22.7 Å². The van der Waals surface area contributed by atoms with E-state index in [9.17, 15) is 14.4 Å². The topological polar surface area (TPSA) is 115 Å². The molecule has 0 saturated carbocycles. The first-order valence-electron chi connectivity index (χ1n) is 12.5. The maximum atomic E-state index is 13.7. The van der Waals surface area contributed by atoms with E-state index < -0.39 is 17.4 Å². The molecule has 0 bridgehead atoms. The molecule has 3 amide bonds. The summed E-state index contributed by atoms with van der Waals surface area (Å²) in [4.78, 5) is 46.0. The van der Waals surface area contributed by atoms with Crippen molar-refractivity contribution in [3.8, 4) is 11.5 Å². The van der Waals surface area contributed by atoms with Gasteiger partial charge in [0.25, 0.3) is 11.8 Å². The minimum absolute atomic E-state index is 0.0340. The second-order valence-corrected chi connectivity index (χ2v) is 9.33. The molecular weight excluding hydrogens is 486 g/mol. The van der Waals surface area contributed by atoms with Gasteiger partial charge < -0.3 is 29.6 Å². The summed E-state index contributed by atoms with van der Waals surface area (Å²) < 4.78 is 12.1. The van der Waals surface area contributed by atoms with Crippen molar-refractivity contribution < 1.29 is 23.9 Å². The fourth-order valence-corrected chi connectivity index (χ4v) is 4.65. The Bertz CT molecular complexity index is 1320. The predicted octanol–water partition coefficient (Wildman–Crippen LogP) is 2.77. The molecule has 1 unspecified atom stereocenters. The van der Waals surface area contributed by atoms with Crippen molar-refractivity contribution in [1.82, 2.24) is 25.1 Å². The molecule has 38 heavy (non-hydrogen) atoms. The fraction of sp³-hybridized carbons (Fsp3) is 0.357. The van der Waals surface area contributed by atoms with Gasteiger partial charge in [-0.25, -0.2) is 4.98 Å². The molecule has 1 aromatic heterocycles. The average molecular weight is 520 g/mol. The molecule has 0 radical (unpaired) electrons. The van der Waals surface area contributed by atoms with E-state index in [1.54, 1.807) is 30.6 Å².